The van der Waals surface area contributed by atoms with Crippen LogP contribution in [0.5, 0.6) is 5.75 Å². The van der Waals surface area contributed by atoms with Crippen molar-refractivity contribution in [2.45, 2.75) is 42.8 Å². The second-order valence-corrected chi connectivity index (χ2v) is 11.5. The van der Waals surface area contributed by atoms with Crippen LogP contribution in [0.1, 0.15) is 30.9 Å². The Hall–Kier alpha value is -3.83. The molecule has 2 N–H and O–H groups in total. The minimum atomic E-state index is -3.77. The molecule has 3 aromatic carbocycles. The Balaban J connectivity index is 1.61. The lowest BCUT2D eigenvalue weighted by Gasteiger charge is -2.28. The first-order valence-corrected chi connectivity index (χ1v) is 14.4. The number of benzene rings is 3. The molecule has 1 aliphatic rings. The van der Waals surface area contributed by atoms with Crippen molar-refractivity contribution in [3.8, 4) is 5.75 Å². The van der Waals surface area contributed by atoms with Crippen LogP contribution in [-0.2, 0) is 25.9 Å². The summed E-state index contributed by atoms with van der Waals surface area (Å²) in [6, 6.07) is 17.6. The van der Waals surface area contributed by atoms with Crippen molar-refractivity contribution in [2.24, 2.45) is 4.99 Å². The smallest absolute Gasteiger partial charge is 0.252 e. The summed E-state index contributed by atoms with van der Waals surface area (Å²) in [7, 11) is -3.77. The summed E-state index contributed by atoms with van der Waals surface area (Å²) in [5.41, 5.74) is -1.18. The summed E-state index contributed by atoms with van der Waals surface area (Å²) < 4.78 is 65.5. The average Bonchev–Trinajstić information content (AvgIpc) is 3.30. The van der Waals surface area contributed by atoms with Gasteiger partial charge in [-0.1, -0.05) is 18.2 Å². The SMILES string of the molecule is C[C@H]1OC(c2ccc(OCCCO)cc2)=N[C@@]1(CCS(=O)(=O)c1ccccc1)C(=O)NCc1cc(F)ccc1F. The molecule has 8 nitrogen and oxygen atoms in total. The number of hydrogen-bond donors (Lipinski definition) is 2. The molecular formula is C29H30F2N2O6S. The number of nitrogens with zero attached hydrogens (tertiary/aromatic N) is 1. The molecule has 1 amide bonds. The van der Waals surface area contributed by atoms with Crippen LogP contribution < -0.4 is 10.1 Å². The Labute approximate surface area is 231 Å². The van der Waals surface area contributed by atoms with Gasteiger partial charge in [0.1, 0.15) is 23.5 Å². The van der Waals surface area contributed by atoms with E-state index >= 15 is 0 Å². The summed E-state index contributed by atoms with van der Waals surface area (Å²) in [4.78, 5) is 18.3. The van der Waals surface area contributed by atoms with E-state index in [-0.39, 0.29) is 35.9 Å². The third kappa shape index (κ3) is 6.65. The van der Waals surface area contributed by atoms with E-state index in [1.807, 2.05) is 0 Å². The summed E-state index contributed by atoms with van der Waals surface area (Å²) >= 11 is 0. The molecule has 0 saturated heterocycles. The van der Waals surface area contributed by atoms with Crippen molar-refractivity contribution in [1.82, 2.24) is 5.32 Å². The molecule has 2 atom stereocenters. The maximum absolute atomic E-state index is 14.2. The molecule has 212 valence electrons. The van der Waals surface area contributed by atoms with Gasteiger partial charge in [0.25, 0.3) is 5.91 Å². The van der Waals surface area contributed by atoms with Crippen LogP contribution in [0.2, 0.25) is 0 Å². The van der Waals surface area contributed by atoms with Gasteiger partial charge in [0, 0.05) is 30.7 Å². The van der Waals surface area contributed by atoms with E-state index in [0.717, 1.165) is 18.2 Å². The first-order chi connectivity index (χ1) is 19.1. The summed E-state index contributed by atoms with van der Waals surface area (Å²) in [5.74, 6) is -1.72. The van der Waals surface area contributed by atoms with Gasteiger partial charge in [-0.25, -0.2) is 22.2 Å². The molecule has 0 spiro atoms. The van der Waals surface area contributed by atoms with Crippen molar-refractivity contribution in [3.05, 3.63) is 95.6 Å². The van der Waals surface area contributed by atoms with Crippen LogP contribution >= 0.6 is 0 Å². The first kappa shape index (κ1) is 29.2. The third-order valence-electron chi connectivity index (χ3n) is 6.63. The van der Waals surface area contributed by atoms with Crippen molar-refractivity contribution < 1.29 is 36.6 Å². The number of rotatable bonds is 12. The van der Waals surface area contributed by atoms with Crippen LogP contribution in [0.3, 0.4) is 0 Å². The quantitative estimate of drug-likeness (QED) is 0.319. The minimum absolute atomic E-state index is 0.0105. The molecule has 0 bridgehead atoms. The van der Waals surface area contributed by atoms with Gasteiger partial charge in [-0.15, -0.1) is 0 Å². The maximum atomic E-state index is 14.2. The number of hydrogen-bond acceptors (Lipinski definition) is 7. The van der Waals surface area contributed by atoms with Gasteiger partial charge in [-0.2, -0.15) is 0 Å². The fourth-order valence-corrected chi connectivity index (χ4v) is 5.68. The molecule has 0 radical (unpaired) electrons. The molecule has 1 heterocycles. The Bertz CT molecular complexity index is 1470. The van der Waals surface area contributed by atoms with Crippen LogP contribution in [0.4, 0.5) is 8.78 Å². The highest BCUT2D eigenvalue weighted by Crippen LogP contribution is 2.34. The molecule has 0 aromatic heterocycles. The number of aliphatic hydroxyl groups excluding tert-OH is 1. The fourth-order valence-electron chi connectivity index (χ4n) is 4.30. The number of nitrogens with one attached hydrogen (secondary N) is 1. The number of carbonyl (C=O) groups is 1. The number of carbonyl (C=O) groups excluding carboxylic acids is 1. The van der Waals surface area contributed by atoms with Crippen molar-refractivity contribution in [2.75, 3.05) is 19.0 Å². The van der Waals surface area contributed by atoms with Crippen LogP contribution in [0, 0.1) is 11.6 Å². The molecule has 3 aromatic rings. The number of halogens is 2. The van der Waals surface area contributed by atoms with E-state index in [0.29, 0.717) is 24.3 Å². The molecule has 0 aliphatic carbocycles. The van der Waals surface area contributed by atoms with Gasteiger partial charge in [0.2, 0.25) is 5.90 Å². The molecule has 40 heavy (non-hydrogen) atoms. The number of aliphatic imine (C=N–C) groups is 1. The van der Waals surface area contributed by atoms with Crippen molar-refractivity contribution in [1.29, 1.82) is 0 Å². The fraction of sp³-hybridized carbons (Fsp3) is 0.310. The highest BCUT2D eigenvalue weighted by Gasteiger charge is 2.50. The van der Waals surface area contributed by atoms with E-state index < -0.39 is 44.8 Å². The Morgan fingerprint density at radius 3 is 2.52 bits per heavy atom. The van der Waals surface area contributed by atoms with Crippen LogP contribution in [0.15, 0.2) is 82.7 Å². The molecule has 0 unspecified atom stereocenters. The highest BCUT2D eigenvalue weighted by molar-refractivity contribution is 7.91. The monoisotopic (exact) mass is 572 g/mol. The van der Waals surface area contributed by atoms with E-state index in [2.05, 4.69) is 10.3 Å². The van der Waals surface area contributed by atoms with Crippen LogP contribution in [-0.4, -0.2) is 55.9 Å². The van der Waals surface area contributed by atoms with Gasteiger partial charge in [0.05, 0.1) is 17.3 Å². The number of ether oxygens (including phenoxy) is 2. The highest BCUT2D eigenvalue weighted by atomic mass is 32.2. The van der Waals surface area contributed by atoms with Gasteiger partial charge in [-0.3, -0.25) is 4.79 Å². The zero-order chi connectivity index (χ0) is 28.8. The lowest BCUT2D eigenvalue weighted by atomic mass is 9.90. The van der Waals surface area contributed by atoms with Crippen molar-refractivity contribution >= 4 is 21.6 Å². The molecule has 1 aliphatic heterocycles. The van der Waals surface area contributed by atoms with Gasteiger partial charge in [0.15, 0.2) is 15.4 Å². The van der Waals surface area contributed by atoms with Crippen molar-refractivity contribution in [3.63, 3.8) is 0 Å². The number of aliphatic hydroxyl groups is 1. The van der Waals surface area contributed by atoms with Gasteiger partial charge >= 0.3 is 0 Å². The first-order valence-electron chi connectivity index (χ1n) is 12.8. The standard InChI is InChI=1S/C29H30F2N2O6S/c1-20-29(14-17-40(36,37)25-6-3-2-4-7-25,28(35)32-19-22-18-23(30)10-13-26(22)31)33-27(39-20)21-8-11-24(12-9-21)38-16-5-15-34/h2-4,6-13,18,20,34H,5,14-17,19H2,1H3,(H,32,35)/t20-,29-/m1/s1. The molecule has 11 heteroatoms. The second-order valence-electron chi connectivity index (χ2n) is 9.35. The van der Waals surface area contributed by atoms with Gasteiger partial charge < -0.3 is 19.9 Å². The van der Waals surface area contributed by atoms with E-state index in [9.17, 15) is 22.0 Å². The molecule has 4 rings (SSSR count). The van der Waals surface area contributed by atoms with E-state index in [1.165, 1.54) is 12.1 Å². The molecular weight excluding hydrogens is 542 g/mol. The number of sulfone groups is 1. The summed E-state index contributed by atoms with van der Waals surface area (Å²) in [5, 5.41) is 11.5. The normalized spacial score (nSPS) is 18.6. The van der Waals surface area contributed by atoms with E-state index in [1.54, 1.807) is 49.4 Å². The van der Waals surface area contributed by atoms with Crippen LogP contribution in [0.25, 0.3) is 0 Å². The molecule has 0 saturated carbocycles. The third-order valence-corrected chi connectivity index (χ3v) is 8.36. The Morgan fingerprint density at radius 1 is 1.10 bits per heavy atom. The lowest BCUT2D eigenvalue weighted by molar-refractivity contribution is -0.128. The predicted octanol–water partition coefficient (Wildman–Crippen LogP) is 3.81. The zero-order valence-electron chi connectivity index (χ0n) is 21.8. The lowest BCUT2D eigenvalue weighted by Crippen LogP contribution is -2.51. The zero-order valence-corrected chi connectivity index (χ0v) is 22.7. The second kappa shape index (κ2) is 12.6. The van der Waals surface area contributed by atoms with Gasteiger partial charge in [-0.05, 0) is 67.9 Å². The maximum Gasteiger partial charge on any atom is 0.252 e. The Morgan fingerprint density at radius 2 is 1.82 bits per heavy atom. The average molecular weight is 573 g/mol. The minimum Gasteiger partial charge on any atom is -0.494 e. The summed E-state index contributed by atoms with van der Waals surface area (Å²) in [6.07, 6.45) is -0.598. The number of amides is 1. The topological polar surface area (TPSA) is 114 Å². The Kier molecular flexibility index (Phi) is 9.16. The largest absolute Gasteiger partial charge is 0.494 e. The summed E-state index contributed by atoms with van der Waals surface area (Å²) in [6.45, 7) is 1.64. The predicted molar refractivity (Wildman–Crippen MR) is 145 cm³/mol. The molecule has 0 fully saturated rings. The van der Waals surface area contributed by atoms with E-state index in [4.69, 9.17) is 14.6 Å².